The molecule has 5 nitrogen and oxygen atoms in total. The van der Waals surface area contributed by atoms with E-state index >= 15 is 0 Å². The summed E-state index contributed by atoms with van der Waals surface area (Å²) in [7, 11) is 1.67. The van der Waals surface area contributed by atoms with Crippen LogP contribution < -0.4 is 0 Å². The van der Waals surface area contributed by atoms with Gasteiger partial charge in [-0.05, 0) is 18.4 Å². The second kappa shape index (κ2) is 10.7. The van der Waals surface area contributed by atoms with Crippen LogP contribution in [-0.4, -0.2) is 32.0 Å². The maximum atomic E-state index is 8.75. The van der Waals surface area contributed by atoms with Crippen molar-refractivity contribution < 1.29 is 9.47 Å². The molecule has 0 aromatic carbocycles. The van der Waals surface area contributed by atoms with Gasteiger partial charge in [0.1, 0.15) is 0 Å². The number of hydrogen-bond acceptors (Lipinski definition) is 3. The van der Waals surface area contributed by atoms with Crippen LogP contribution in [0, 0.1) is 5.92 Å². The molecule has 0 aromatic heterocycles. The third-order valence-electron chi connectivity index (χ3n) is 4.04. The zero-order valence-corrected chi connectivity index (χ0v) is 13.6. The third kappa shape index (κ3) is 6.08. The van der Waals surface area contributed by atoms with Crippen LogP contribution in [0.2, 0.25) is 0 Å². The van der Waals surface area contributed by atoms with E-state index in [1.54, 1.807) is 7.11 Å². The lowest BCUT2D eigenvalue weighted by Gasteiger charge is -2.37. The Labute approximate surface area is 128 Å². The fraction of sp³-hybridized carbons (Fsp3) is 0.875. The van der Waals surface area contributed by atoms with Gasteiger partial charge in [0.05, 0.1) is 24.9 Å². The van der Waals surface area contributed by atoms with Gasteiger partial charge in [0.25, 0.3) is 0 Å². The summed E-state index contributed by atoms with van der Waals surface area (Å²) in [5.74, 6) is 0.240. The highest BCUT2D eigenvalue weighted by atomic mass is 16.5. The van der Waals surface area contributed by atoms with Crippen molar-refractivity contribution in [1.29, 1.82) is 0 Å². The van der Waals surface area contributed by atoms with Crippen LogP contribution in [0.5, 0.6) is 0 Å². The molecule has 0 N–H and O–H groups in total. The molecule has 0 unspecified atom stereocenters. The zero-order valence-electron chi connectivity index (χ0n) is 13.6. The molecule has 0 saturated carbocycles. The molecule has 1 fully saturated rings. The minimum Gasteiger partial charge on any atom is -0.381 e. The lowest BCUT2D eigenvalue weighted by molar-refractivity contribution is -0.0897. The number of azide groups is 1. The number of methoxy groups -OCH3 is 1. The van der Waals surface area contributed by atoms with Crippen LogP contribution in [0.4, 0.5) is 0 Å². The van der Waals surface area contributed by atoms with E-state index in [4.69, 9.17) is 15.0 Å². The Morgan fingerprint density at radius 1 is 1.33 bits per heavy atom. The average Bonchev–Trinajstić information content (AvgIpc) is 2.49. The van der Waals surface area contributed by atoms with Crippen molar-refractivity contribution in [1.82, 2.24) is 0 Å². The monoisotopic (exact) mass is 295 g/mol. The summed E-state index contributed by atoms with van der Waals surface area (Å²) in [6.45, 7) is 4.92. The van der Waals surface area contributed by atoms with Crippen molar-refractivity contribution in [3.05, 3.63) is 22.6 Å². The molecule has 1 heterocycles. The van der Waals surface area contributed by atoms with Gasteiger partial charge in [0.2, 0.25) is 0 Å². The fourth-order valence-corrected chi connectivity index (χ4v) is 2.81. The Hall–Kier alpha value is -1.03. The standard InChI is InChI=1S/C16H29N3O2/c1-4-5-6-7-8-9-10-11-14-15(18-19-17)16(20-3)13(2)12-21-14/h10-11,13-16H,4-9,12H2,1-3H3/b11-10+/t13-,14-,15-,16-/m0/s1. The van der Waals surface area contributed by atoms with E-state index in [1.807, 2.05) is 6.08 Å². The van der Waals surface area contributed by atoms with Crippen LogP contribution in [0.25, 0.3) is 10.4 Å². The van der Waals surface area contributed by atoms with Gasteiger partial charge in [0, 0.05) is 17.9 Å². The minimum absolute atomic E-state index is 0.0751. The zero-order chi connectivity index (χ0) is 15.5. The lowest BCUT2D eigenvalue weighted by atomic mass is 9.91. The summed E-state index contributed by atoms with van der Waals surface area (Å²) < 4.78 is 11.3. The first kappa shape index (κ1) is 18.0. The molecule has 0 spiro atoms. The first-order valence-electron chi connectivity index (χ1n) is 8.09. The van der Waals surface area contributed by atoms with Crippen molar-refractivity contribution in [2.24, 2.45) is 11.0 Å². The second-order valence-electron chi connectivity index (χ2n) is 5.80. The van der Waals surface area contributed by atoms with Gasteiger partial charge in [-0.1, -0.05) is 56.8 Å². The van der Waals surface area contributed by atoms with Gasteiger partial charge in [-0.3, -0.25) is 0 Å². The highest BCUT2D eigenvalue weighted by Gasteiger charge is 2.36. The first-order valence-corrected chi connectivity index (χ1v) is 8.09. The summed E-state index contributed by atoms with van der Waals surface area (Å²) in [6.07, 6.45) is 11.4. The predicted octanol–water partition coefficient (Wildman–Crippen LogP) is 4.63. The Morgan fingerprint density at radius 2 is 2.10 bits per heavy atom. The Bertz CT molecular complexity index is 353. The van der Waals surface area contributed by atoms with Crippen LogP contribution in [0.15, 0.2) is 17.3 Å². The maximum absolute atomic E-state index is 8.75. The van der Waals surface area contributed by atoms with Crippen molar-refractivity contribution in [2.75, 3.05) is 13.7 Å². The molecule has 0 aliphatic carbocycles. The molecule has 21 heavy (non-hydrogen) atoms. The quantitative estimate of drug-likeness (QED) is 0.204. The van der Waals surface area contributed by atoms with Gasteiger partial charge in [0.15, 0.2) is 0 Å². The molecule has 4 atom stereocenters. The van der Waals surface area contributed by atoms with E-state index in [0.29, 0.717) is 6.61 Å². The molecule has 0 bridgehead atoms. The number of unbranched alkanes of at least 4 members (excludes halogenated alkanes) is 5. The molecule has 1 saturated heterocycles. The van der Waals surface area contributed by atoms with E-state index in [1.165, 1.54) is 32.1 Å². The molecule has 1 rings (SSSR count). The van der Waals surface area contributed by atoms with E-state index in [9.17, 15) is 0 Å². The van der Waals surface area contributed by atoms with Crippen molar-refractivity contribution >= 4 is 0 Å². The third-order valence-corrected chi connectivity index (χ3v) is 4.04. The summed E-state index contributed by atoms with van der Waals surface area (Å²) in [5, 5.41) is 3.89. The molecule has 1 aliphatic rings. The van der Waals surface area contributed by atoms with Gasteiger partial charge in [-0.2, -0.15) is 0 Å². The Kier molecular flexibility index (Phi) is 9.15. The first-order chi connectivity index (χ1) is 10.2. The van der Waals surface area contributed by atoms with Gasteiger partial charge in [-0.15, -0.1) is 0 Å². The maximum Gasteiger partial charge on any atom is 0.0937 e. The lowest BCUT2D eigenvalue weighted by Crippen LogP contribution is -2.48. The summed E-state index contributed by atoms with van der Waals surface area (Å²) in [5.41, 5.74) is 8.75. The van der Waals surface area contributed by atoms with Crippen molar-refractivity contribution in [2.45, 2.75) is 70.6 Å². The molecular formula is C16H29N3O2. The number of allylic oxidation sites excluding steroid dienone is 1. The van der Waals surface area contributed by atoms with E-state index in [-0.39, 0.29) is 24.2 Å². The molecule has 5 heteroatoms. The number of hydrogen-bond donors (Lipinski definition) is 0. The molecular weight excluding hydrogens is 266 g/mol. The SMILES string of the molecule is CCCCCCC/C=C/[C@@H]1OC[C@H](C)[C@H](OC)[C@H]1N=[N+]=[N-]. The second-order valence-corrected chi connectivity index (χ2v) is 5.80. The highest BCUT2D eigenvalue weighted by Crippen LogP contribution is 2.26. The van der Waals surface area contributed by atoms with E-state index in [0.717, 1.165) is 6.42 Å². The van der Waals surface area contributed by atoms with E-state index < -0.39 is 0 Å². The summed E-state index contributed by atoms with van der Waals surface area (Å²) in [6, 6.07) is -0.278. The fourth-order valence-electron chi connectivity index (χ4n) is 2.81. The molecule has 1 aliphatic heterocycles. The largest absolute Gasteiger partial charge is 0.381 e. The van der Waals surface area contributed by atoms with Crippen molar-refractivity contribution in [3.8, 4) is 0 Å². The van der Waals surface area contributed by atoms with Crippen LogP contribution >= 0.6 is 0 Å². The predicted molar refractivity (Wildman–Crippen MR) is 85.2 cm³/mol. The van der Waals surface area contributed by atoms with Crippen LogP contribution in [0.1, 0.15) is 52.4 Å². The molecule has 0 aromatic rings. The van der Waals surface area contributed by atoms with E-state index in [2.05, 4.69) is 29.9 Å². The number of nitrogens with zero attached hydrogens (tertiary/aromatic N) is 3. The summed E-state index contributed by atoms with van der Waals surface area (Å²) in [4.78, 5) is 2.95. The van der Waals surface area contributed by atoms with Crippen LogP contribution in [-0.2, 0) is 9.47 Å². The average molecular weight is 295 g/mol. The molecule has 0 amide bonds. The molecule has 0 radical (unpaired) electrons. The smallest absolute Gasteiger partial charge is 0.0937 e. The number of rotatable bonds is 9. The van der Waals surface area contributed by atoms with Crippen LogP contribution in [0.3, 0.4) is 0 Å². The summed E-state index contributed by atoms with van der Waals surface area (Å²) >= 11 is 0. The topological polar surface area (TPSA) is 67.2 Å². The van der Waals surface area contributed by atoms with Gasteiger partial charge in [-0.25, -0.2) is 0 Å². The number of ether oxygens (including phenoxy) is 2. The molecule has 120 valence electrons. The minimum atomic E-state index is -0.278. The Balaban J connectivity index is 2.45. The Morgan fingerprint density at radius 3 is 2.76 bits per heavy atom. The highest BCUT2D eigenvalue weighted by molar-refractivity contribution is 5.02. The normalized spacial score (nSPS) is 29.5. The van der Waals surface area contributed by atoms with Crippen molar-refractivity contribution in [3.63, 3.8) is 0 Å². The van der Waals surface area contributed by atoms with Gasteiger partial charge < -0.3 is 9.47 Å². The van der Waals surface area contributed by atoms with Gasteiger partial charge >= 0.3 is 0 Å².